The molecule has 1 aromatic carbocycles. The van der Waals surface area contributed by atoms with Crippen molar-refractivity contribution in [1.82, 2.24) is 4.31 Å². The summed E-state index contributed by atoms with van der Waals surface area (Å²) in [6.07, 6.45) is 2.07. The van der Waals surface area contributed by atoms with Gasteiger partial charge in [-0.15, -0.1) is 12.4 Å². The van der Waals surface area contributed by atoms with Crippen LogP contribution in [0, 0.1) is 18.8 Å². The summed E-state index contributed by atoms with van der Waals surface area (Å²) in [7, 11) is -3.42. The standard InChI is InChI=1S/C14H19BrN2O2S.ClH/c1-9-2-5-14(12(15)6-9)20(18,19)17-7-10-3-4-13(16)11(10)8-17;/h2,5-6,10-11,13H,3-4,7-8,16H2,1H3;1H. The molecule has 0 radical (unpaired) electrons. The van der Waals surface area contributed by atoms with Crippen LogP contribution < -0.4 is 5.73 Å². The van der Waals surface area contributed by atoms with E-state index in [1.165, 1.54) is 0 Å². The van der Waals surface area contributed by atoms with Crippen molar-refractivity contribution in [2.45, 2.75) is 30.7 Å². The lowest BCUT2D eigenvalue weighted by atomic mass is 9.98. The van der Waals surface area contributed by atoms with E-state index in [-0.39, 0.29) is 18.4 Å². The summed E-state index contributed by atoms with van der Waals surface area (Å²) >= 11 is 3.37. The monoisotopic (exact) mass is 394 g/mol. The first kappa shape index (κ1) is 17.2. The summed E-state index contributed by atoms with van der Waals surface area (Å²) in [6.45, 7) is 3.12. The quantitative estimate of drug-likeness (QED) is 0.837. The number of rotatable bonds is 2. The lowest BCUT2D eigenvalue weighted by Crippen LogP contribution is -2.33. The van der Waals surface area contributed by atoms with Gasteiger partial charge in [-0.1, -0.05) is 6.07 Å². The first-order valence-corrected chi connectivity index (χ1v) is 9.15. The summed E-state index contributed by atoms with van der Waals surface area (Å²) in [6, 6.07) is 5.51. The van der Waals surface area contributed by atoms with Crippen molar-refractivity contribution in [1.29, 1.82) is 0 Å². The smallest absolute Gasteiger partial charge is 0.244 e. The molecule has 2 aliphatic rings. The Bertz CT molecular complexity index is 638. The van der Waals surface area contributed by atoms with Crippen molar-refractivity contribution >= 4 is 38.4 Å². The molecular formula is C14H20BrClN2O2S. The number of hydrogen-bond acceptors (Lipinski definition) is 3. The molecule has 3 unspecified atom stereocenters. The van der Waals surface area contributed by atoms with Crippen molar-refractivity contribution in [3.05, 3.63) is 28.2 Å². The second kappa shape index (κ2) is 6.16. The van der Waals surface area contributed by atoms with Gasteiger partial charge >= 0.3 is 0 Å². The second-order valence-electron chi connectivity index (χ2n) is 5.92. The van der Waals surface area contributed by atoms with Gasteiger partial charge in [-0.05, 0) is 65.2 Å². The molecule has 0 bridgehead atoms. The van der Waals surface area contributed by atoms with E-state index in [4.69, 9.17) is 5.73 Å². The molecule has 1 aromatic rings. The maximum atomic E-state index is 12.8. The SMILES string of the molecule is Cc1ccc(S(=O)(=O)N2CC3CCC(N)C3C2)c(Br)c1.Cl. The van der Waals surface area contributed by atoms with Gasteiger partial charge in [-0.25, -0.2) is 8.42 Å². The number of sulfonamides is 1. The van der Waals surface area contributed by atoms with Gasteiger partial charge in [0, 0.05) is 23.6 Å². The molecule has 3 atom stereocenters. The zero-order valence-corrected chi connectivity index (χ0v) is 15.0. The van der Waals surface area contributed by atoms with Crippen LogP contribution in [-0.2, 0) is 10.0 Å². The summed E-state index contributed by atoms with van der Waals surface area (Å²) in [5.74, 6) is 0.762. The number of aryl methyl sites for hydroxylation is 1. The van der Waals surface area contributed by atoms with E-state index in [1.807, 2.05) is 19.1 Å². The van der Waals surface area contributed by atoms with Crippen molar-refractivity contribution < 1.29 is 8.42 Å². The van der Waals surface area contributed by atoms with Crippen LogP contribution in [-0.4, -0.2) is 31.9 Å². The average Bonchev–Trinajstić information content (AvgIpc) is 2.92. The molecule has 2 fully saturated rings. The minimum absolute atomic E-state index is 0. The van der Waals surface area contributed by atoms with E-state index < -0.39 is 10.0 Å². The highest BCUT2D eigenvalue weighted by Gasteiger charge is 2.45. The fourth-order valence-electron chi connectivity index (χ4n) is 3.42. The Morgan fingerprint density at radius 1 is 1.29 bits per heavy atom. The number of hydrogen-bond donors (Lipinski definition) is 1. The van der Waals surface area contributed by atoms with E-state index in [9.17, 15) is 8.42 Å². The Balaban J connectivity index is 0.00000161. The summed E-state index contributed by atoms with van der Waals surface area (Å²) in [5.41, 5.74) is 7.12. The summed E-state index contributed by atoms with van der Waals surface area (Å²) in [4.78, 5) is 0.358. The molecule has 21 heavy (non-hydrogen) atoms. The third-order valence-corrected chi connectivity index (χ3v) is 7.39. The van der Waals surface area contributed by atoms with E-state index in [1.54, 1.807) is 10.4 Å². The molecule has 1 aliphatic carbocycles. The van der Waals surface area contributed by atoms with Crippen LogP contribution >= 0.6 is 28.3 Å². The molecule has 2 N–H and O–H groups in total. The Labute approximate surface area is 140 Å². The number of benzene rings is 1. The first-order valence-electron chi connectivity index (χ1n) is 6.91. The van der Waals surface area contributed by atoms with Crippen molar-refractivity contribution in [3.8, 4) is 0 Å². The largest absolute Gasteiger partial charge is 0.327 e. The van der Waals surface area contributed by atoms with Gasteiger partial charge in [-0.3, -0.25) is 0 Å². The first-order chi connectivity index (χ1) is 9.39. The third kappa shape index (κ3) is 3.01. The maximum absolute atomic E-state index is 12.8. The number of halogens is 2. The Morgan fingerprint density at radius 3 is 2.62 bits per heavy atom. The number of nitrogens with two attached hydrogens (primary N) is 1. The predicted octanol–water partition coefficient (Wildman–Crippen LogP) is 2.54. The third-order valence-electron chi connectivity index (χ3n) is 4.58. The van der Waals surface area contributed by atoms with Crippen molar-refractivity contribution in [3.63, 3.8) is 0 Å². The van der Waals surface area contributed by atoms with Crippen LogP contribution in [0.2, 0.25) is 0 Å². The van der Waals surface area contributed by atoms with Gasteiger partial charge < -0.3 is 5.73 Å². The van der Waals surface area contributed by atoms with Gasteiger partial charge in [0.05, 0.1) is 4.90 Å². The van der Waals surface area contributed by atoms with Crippen LogP contribution in [0.1, 0.15) is 18.4 Å². The van der Waals surface area contributed by atoms with E-state index in [2.05, 4.69) is 15.9 Å². The van der Waals surface area contributed by atoms with E-state index >= 15 is 0 Å². The fourth-order valence-corrected chi connectivity index (χ4v) is 6.10. The normalized spacial score (nSPS) is 29.2. The molecule has 7 heteroatoms. The molecule has 1 heterocycles. The van der Waals surface area contributed by atoms with Crippen LogP contribution in [0.4, 0.5) is 0 Å². The molecule has 118 valence electrons. The second-order valence-corrected chi connectivity index (χ2v) is 8.68. The van der Waals surface area contributed by atoms with Gasteiger partial charge in [0.1, 0.15) is 0 Å². The molecule has 3 rings (SSSR count). The van der Waals surface area contributed by atoms with Crippen molar-refractivity contribution in [2.24, 2.45) is 17.6 Å². The highest BCUT2D eigenvalue weighted by Crippen LogP contribution is 2.40. The molecule has 0 aromatic heterocycles. The Hall–Kier alpha value is -0.140. The van der Waals surface area contributed by atoms with E-state index in [0.717, 1.165) is 18.4 Å². The van der Waals surface area contributed by atoms with Crippen LogP contribution in [0.15, 0.2) is 27.6 Å². The molecular weight excluding hydrogens is 376 g/mol. The molecule has 0 spiro atoms. The van der Waals surface area contributed by atoms with Crippen LogP contribution in [0.5, 0.6) is 0 Å². The van der Waals surface area contributed by atoms with E-state index in [0.29, 0.717) is 34.3 Å². The summed E-state index contributed by atoms with van der Waals surface area (Å²) in [5, 5.41) is 0. The lowest BCUT2D eigenvalue weighted by Gasteiger charge is -2.19. The minimum atomic E-state index is -3.42. The molecule has 1 saturated heterocycles. The van der Waals surface area contributed by atoms with Gasteiger partial charge in [-0.2, -0.15) is 4.31 Å². The average molecular weight is 396 g/mol. The lowest BCUT2D eigenvalue weighted by molar-refractivity contribution is 0.427. The van der Waals surface area contributed by atoms with Crippen LogP contribution in [0.25, 0.3) is 0 Å². The van der Waals surface area contributed by atoms with Crippen LogP contribution in [0.3, 0.4) is 0 Å². The number of fused-ring (bicyclic) bond motifs is 1. The highest BCUT2D eigenvalue weighted by molar-refractivity contribution is 9.10. The van der Waals surface area contributed by atoms with Gasteiger partial charge in [0.25, 0.3) is 0 Å². The van der Waals surface area contributed by atoms with Crippen molar-refractivity contribution in [2.75, 3.05) is 13.1 Å². The Kier molecular flexibility index (Phi) is 5.05. The minimum Gasteiger partial charge on any atom is -0.327 e. The maximum Gasteiger partial charge on any atom is 0.244 e. The topological polar surface area (TPSA) is 63.4 Å². The fraction of sp³-hybridized carbons (Fsp3) is 0.571. The molecule has 1 aliphatic heterocycles. The molecule has 1 saturated carbocycles. The Morgan fingerprint density at radius 2 is 2.00 bits per heavy atom. The van der Waals surface area contributed by atoms with Gasteiger partial charge in [0.15, 0.2) is 0 Å². The van der Waals surface area contributed by atoms with Gasteiger partial charge in [0.2, 0.25) is 10.0 Å². The highest BCUT2D eigenvalue weighted by atomic mass is 79.9. The zero-order valence-electron chi connectivity index (χ0n) is 11.8. The summed E-state index contributed by atoms with van der Waals surface area (Å²) < 4.78 is 27.8. The molecule has 0 amide bonds. The number of nitrogens with zero attached hydrogens (tertiary/aromatic N) is 1. The molecule has 4 nitrogen and oxygen atoms in total. The zero-order chi connectivity index (χ0) is 14.5. The predicted molar refractivity (Wildman–Crippen MR) is 89.1 cm³/mol.